The second-order valence-corrected chi connectivity index (χ2v) is 8.27. The highest BCUT2D eigenvalue weighted by Crippen LogP contribution is 2.26. The zero-order valence-electron chi connectivity index (χ0n) is 15.1. The predicted octanol–water partition coefficient (Wildman–Crippen LogP) is 4.18. The van der Waals surface area contributed by atoms with Gasteiger partial charge >= 0.3 is 0 Å². The zero-order valence-corrected chi connectivity index (χ0v) is 16.8. The number of carbonyl (C=O) groups is 1. The van der Waals surface area contributed by atoms with Gasteiger partial charge in [0.1, 0.15) is 6.04 Å². The number of aromatic amines is 1. The molecule has 0 saturated carbocycles. The minimum Gasteiger partial charge on any atom is -0.348 e. The van der Waals surface area contributed by atoms with Crippen LogP contribution in [0.2, 0.25) is 0 Å². The lowest BCUT2D eigenvalue weighted by Gasteiger charge is -2.20. The van der Waals surface area contributed by atoms with E-state index >= 15 is 0 Å². The van der Waals surface area contributed by atoms with E-state index in [0.29, 0.717) is 10.9 Å². The van der Waals surface area contributed by atoms with Crippen molar-refractivity contribution in [3.05, 3.63) is 60.8 Å². The fourth-order valence-electron chi connectivity index (χ4n) is 3.14. The van der Waals surface area contributed by atoms with Gasteiger partial charge in [0.25, 0.3) is 5.56 Å². The quantitative estimate of drug-likeness (QED) is 0.660. The summed E-state index contributed by atoms with van der Waals surface area (Å²) in [5.41, 5.74) is 1.51. The van der Waals surface area contributed by atoms with E-state index in [4.69, 9.17) is 12.2 Å². The Kier molecular flexibility index (Phi) is 5.11. The van der Waals surface area contributed by atoms with Crippen LogP contribution >= 0.6 is 23.6 Å². The Balaban J connectivity index is 1.92. The molecule has 136 valence electrons. The molecule has 0 fully saturated rings. The van der Waals surface area contributed by atoms with E-state index in [1.165, 1.54) is 14.3 Å². The summed E-state index contributed by atoms with van der Waals surface area (Å²) < 4.78 is 1.58. The van der Waals surface area contributed by atoms with Crippen molar-refractivity contribution in [2.45, 2.75) is 39.8 Å². The molecule has 0 aliphatic rings. The van der Waals surface area contributed by atoms with Gasteiger partial charge < -0.3 is 10.3 Å². The minimum absolute atomic E-state index is 0.136. The molecule has 3 aromatic rings. The molecule has 0 spiro atoms. The molecule has 26 heavy (non-hydrogen) atoms. The molecular formula is C19H21N3O2S2. The van der Waals surface area contributed by atoms with E-state index < -0.39 is 6.04 Å². The lowest BCUT2D eigenvalue weighted by atomic mass is 10.1. The number of amides is 1. The van der Waals surface area contributed by atoms with E-state index in [9.17, 15) is 9.59 Å². The number of thiophene rings is 1. The Morgan fingerprint density at radius 2 is 1.96 bits per heavy atom. The van der Waals surface area contributed by atoms with Crippen LogP contribution in [0.4, 0.5) is 0 Å². The molecule has 2 atom stereocenters. The molecule has 0 radical (unpaired) electrons. The molecule has 0 bridgehead atoms. The van der Waals surface area contributed by atoms with Gasteiger partial charge in [-0.25, -0.2) is 0 Å². The number of H-pyrrole nitrogens is 1. The highest BCUT2D eigenvalue weighted by molar-refractivity contribution is 7.71. The number of carbonyl (C=O) groups excluding carboxylic acids is 1. The van der Waals surface area contributed by atoms with E-state index in [2.05, 4.69) is 16.4 Å². The summed E-state index contributed by atoms with van der Waals surface area (Å²) in [6, 6.07) is 8.39. The maximum Gasteiger partial charge on any atom is 0.262 e. The summed E-state index contributed by atoms with van der Waals surface area (Å²) in [5, 5.41) is 3.51. The normalized spacial score (nSPS) is 13.5. The van der Waals surface area contributed by atoms with Crippen LogP contribution in [0.3, 0.4) is 0 Å². The Labute approximate surface area is 160 Å². The van der Waals surface area contributed by atoms with E-state index in [1.54, 1.807) is 36.5 Å². The smallest absolute Gasteiger partial charge is 0.262 e. The molecule has 5 nitrogen and oxygen atoms in total. The number of aryl methyl sites for hydroxylation is 2. The first-order chi connectivity index (χ1) is 12.3. The van der Waals surface area contributed by atoms with Crippen LogP contribution in [0.5, 0.6) is 0 Å². The van der Waals surface area contributed by atoms with E-state index in [-0.39, 0.29) is 22.3 Å². The number of para-hydroxylation sites is 1. The highest BCUT2D eigenvalue weighted by atomic mass is 32.1. The van der Waals surface area contributed by atoms with Gasteiger partial charge in [0.05, 0.1) is 16.9 Å². The molecule has 3 rings (SSSR count). The fourth-order valence-corrected chi connectivity index (χ4v) is 4.51. The molecule has 2 heterocycles. The second kappa shape index (κ2) is 7.17. The van der Waals surface area contributed by atoms with Gasteiger partial charge in [-0.1, -0.05) is 12.1 Å². The van der Waals surface area contributed by atoms with Crippen LogP contribution < -0.4 is 10.9 Å². The van der Waals surface area contributed by atoms with Crippen LogP contribution in [0.15, 0.2) is 35.1 Å². The third-order valence-electron chi connectivity index (χ3n) is 4.51. The standard InChI is InChI=1S/C19H21N3O2S2/c1-10-9-15(13(4)26-10)11(2)20-17(23)12(3)22-18(24)14-7-5-6-8-16(14)21-19(22)25/h5-9,11-12H,1-4H3,(H,20,23)(H,21,25)/t11-,12-/m1/s1. The number of nitrogens with one attached hydrogen (secondary N) is 2. The van der Waals surface area contributed by atoms with Gasteiger partial charge in [-0.3, -0.25) is 14.2 Å². The molecule has 0 saturated heterocycles. The summed E-state index contributed by atoms with van der Waals surface area (Å²) in [6.07, 6.45) is 0. The number of fused-ring (bicyclic) bond motifs is 1. The van der Waals surface area contributed by atoms with Crippen molar-refractivity contribution in [3.63, 3.8) is 0 Å². The molecule has 7 heteroatoms. The van der Waals surface area contributed by atoms with Crippen molar-refractivity contribution >= 4 is 40.4 Å². The van der Waals surface area contributed by atoms with Gasteiger partial charge in [-0.05, 0) is 63.7 Å². The largest absolute Gasteiger partial charge is 0.348 e. The maximum absolute atomic E-state index is 12.8. The van der Waals surface area contributed by atoms with Crippen LogP contribution in [0, 0.1) is 18.6 Å². The van der Waals surface area contributed by atoms with Gasteiger partial charge in [0.2, 0.25) is 5.91 Å². The minimum atomic E-state index is -0.710. The molecular weight excluding hydrogens is 366 g/mol. The summed E-state index contributed by atoms with van der Waals surface area (Å²) in [7, 11) is 0. The van der Waals surface area contributed by atoms with Crippen molar-refractivity contribution in [2.75, 3.05) is 0 Å². The summed E-state index contributed by atoms with van der Waals surface area (Å²) in [6.45, 7) is 7.73. The zero-order chi connectivity index (χ0) is 19.0. The fraction of sp³-hybridized carbons (Fsp3) is 0.316. The Bertz CT molecular complexity index is 1090. The van der Waals surface area contributed by atoms with Crippen LogP contribution in [-0.2, 0) is 4.79 Å². The second-order valence-electron chi connectivity index (χ2n) is 6.43. The number of hydrogen-bond acceptors (Lipinski definition) is 4. The topological polar surface area (TPSA) is 66.9 Å². The third kappa shape index (κ3) is 3.37. The van der Waals surface area contributed by atoms with Crippen molar-refractivity contribution in [2.24, 2.45) is 0 Å². The molecule has 1 amide bonds. The van der Waals surface area contributed by atoms with Gasteiger partial charge in [0.15, 0.2) is 4.77 Å². The highest BCUT2D eigenvalue weighted by Gasteiger charge is 2.22. The molecule has 0 unspecified atom stereocenters. The Morgan fingerprint density at radius 1 is 1.27 bits per heavy atom. The Hall–Kier alpha value is -2.25. The molecule has 2 N–H and O–H groups in total. The summed E-state index contributed by atoms with van der Waals surface area (Å²) in [5.74, 6) is -0.238. The Morgan fingerprint density at radius 3 is 2.62 bits per heavy atom. The molecule has 0 aliphatic carbocycles. The van der Waals surface area contributed by atoms with Crippen molar-refractivity contribution in [1.29, 1.82) is 0 Å². The first-order valence-corrected chi connectivity index (χ1v) is 9.63. The number of aromatic nitrogens is 2. The van der Waals surface area contributed by atoms with Crippen molar-refractivity contribution in [3.8, 4) is 0 Å². The number of rotatable bonds is 4. The third-order valence-corrected chi connectivity index (χ3v) is 5.79. The summed E-state index contributed by atoms with van der Waals surface area (Å²) >= 11 is 7.03. The molecule has 0 aliphatic heterocycles. The van der Waals surface area contributed by atoms with Crippen LogP contribution in [-0.4, -0.2) is 15.5 Å². The van der Waals surface area contributed by atoms with Gasteiger partial charge in [-0.15, -0.1) is 11.3 Å². The average molecular weight is 388 g/mol. The molecule has 1 aromatic carbocycles. The monoisotopic (exact) mass is 387 g/mol. The van der Waals surface area contributed by atoms with Gasteiger partial charge in [0, 0.05) is 9.75 Å². The number of benzene rings is 1. The van der Waals surface area contributed by atoms with Crippen molar-refractivity contribution < 1.29 is 4.79 Å². The van der Waals surface area contributed by atoms with E-state index in [0.717, 1.165) is 5.56 Å². The lowest BCUT2D eigenvalue weighted by Crippen LogP contribution is -2.37. The van der Waals surface area contributed by atoms with Crippen LogP contribution in [0.1, 0.15) is 41.2 Å². The van der Waals surface area contributed by atoms with Crippen LogP contribution in [0.25, 0.3) is 10.9 Å². The first-order valence-electron chi connectivity index (χ1n) is 8.40. The first kappa shape index (κ1) is 18.5. The van der Waals surface area contributed by atoms with E-state index in [1.807, 2.05) is 26.8 Å². The predicted molar refractivity (Wildman–Crippen MR) is 108 cm³/mol. The summed E-state index contributed by atoms with van der Waals surface area (Å²) in [4.78, 5) is 31.0. The maximum atomic E-state index is 12.8. The average Bonchev–Trinajstić information content (AvgIpc) is 2.93. The molecule has 2 aromatic heterocycles. The lowest BCUT2D eigenvalue weighted by molar-refractivity contribution is -0.124. The van der Waals surface area contributed by atoms with Gasteiger partial charge in [-0.2, -0.15) is 0 Å². The number of nitrogens with zero attached hydrogens (tertiary/aromatic N) is 1. The number of hydrogen-bond donors (Lipinski definition) is 2. The van der Waals surface area contributed by atoms with Crippen molar-refractivity contribution in [1.82, 2.24) is 14.9 Å². The SMILES string of the molecule is Cc1cc([C@@H](C)NC(=O)[C@@H](C)n2c(=S)[nH]c3ccccc3c2=O)c(C)s1.